The van der Waals surface area contributed by atoms with Gasteiger partial charge in [-0.1, -0.05) is 18.0 Å². The normalized spacial score (nSPS) is 16.3. The zero-order chi connectivity index (χ0) is 17.7. The van der Waals surface area contributed by atoms with E-state index in [1.807, 2.05) is 0 Å². The number of nitrogens with one attached hydrogen (secondary N) is 1. The number of nitrogens with zero attached hydrogens (tertiary/aromatic N) is 2. The molecule has 1 aliphatic rings. The van der Waals surface area contributed by atoms with Crippen molar-refractivity contribution in [2.75, 3.05) is 13.1 Å². The molecule has 0 aliphatic carbocycles. The predicted molar refractivity (Wildman–Crippen MR) is 91.3 cm³/mol. The molecule has 25 heavy (non-hydrogen) atoms. The van der Waals surface area contributed by atoms with Crippen molar-refractivity contribution >= 4 is 15.9 Å². The first kappa shape index (κ1) is 17.6. The van der Waals surface area contributed by atoms with Crippen molar-refractivity contribution in [2.24, 2.45) is 0 Å². The van der Waals surface area contributed by atoms with Crippen LogP contribution in [0.1, 0.15) is 41.8 Å². The van der Waals surface area contributed by atoms with Crippen molar-refractivity contribution in [1.82, 2.24) is 14.8 Å². The fourth-order valence-corrected chi connectivity index (χ4v) is 4.33. The number of aromatic nitrogens is 1. The monoisotopic (exact) mass is 363 g/mol. The topological polar surface area (TPSA) is 92.5 Å². The molecule has 1 aliphatic heterocycles. The second-order valence-corrected chi connectivity index (χ2v) is 7.94. The molecule has 1 aromatic heterocycles. The molecule has 0 unspecified atom stereocenters. The van der Waals surface area contributed by atoms with Gasteiger partial charge in [0.2, 0.25) is 10.0 Å². The van der Waals surface area contributed by atoms with Gasteiger partial charge in [-0.2, -0.15) is 4.31 Å². The van der Waals surface area contributed by atoms with Crippen LogP contribution >= 0.6 is 0 Å². The smallest absolute Gasteiger partial charge is 0.251 e. The van der Waals surface area contributed by atoms with E-state index in [-0.39, 0.29) is 17.3 Å². The molecular formula is C17H21N3O4S. The number of carbonyl (C=O) groups is 1. The maximum atomic E-state index is 12.7. The Hall–Kier alpha value is -2.19. The molecule has 7 nitrogen and oxygen atoms in total. The number of rotatable bonds is 5. The van der Waals surface area contributed by atoms with Gasteiger partial charge in [0.1, 0.15) is 0 Å². The first-order valence-corrected chi connectivity index (χ1v) is 9.79. The zero-order valence-corrected chi connectivity index (χ0v) is 14.7. The van der Waals surface area contributed by atoms with E-state index in [1.54, 1.807) is 10.4 Å². The van der Waals surface area contributed by atoms with E-state index in [0.717, 1.165) is 25.7 Å². The molecule has 2 aromatic rings. The van der Waals surface area contributed by atoms with Gasteiger partial charge in [0.25, 0.3) is 5.91 Å². The van der Waals surface area contributed by atoms with Gasteiger partial charge in [0.05, 0.1) is 17.6 Å². The molecule has 8 heteroatoms. The minimum absolute atomic E-state index is 0.223. The third kappa shape index (κ3) is 4.26. The number of benzene rings is 1. The summed E-state index contributed by atoms with van der Waals surface area (Å²) in [5, 5.41) is 6.26. The predicted octanol–water partition coefficient (Wildman–Crippen LogP) is 2.17. The maximum Gasteiger partial charge on any atom is 0.251 e. The van der Waals surface area contributed by atoms with Crippen LogP contribution in [-0.2, 0) is 16.6 Å². The minimum Gasteiger partial charge on any atom is -0.360 e. The van der Waals surface area contributed by atoms with Crippen LogP contribution in [0.25, 0.3) is 0 Å². The molecular weight excluding hydrogens is 342 g/mol. The van der Waals surface area contributed by atoms with E-state index < -0.39 is 10.0 Å². The van der Waals surface area contributed by atoms with Crippen molar-refractivity contribution in [3.05, 3.63) is 47.9 Å². The standard InChI is InChI=1S/C17H21N3O4S/c21-17(18-13-15-9-10-19-24-15)14-5-7-16(8-6-14)25(22,23)20-11-3-1-2-4-12-20/h5-10H,1-4,11-13H2,(H,18,21). The van der Waals surface area contributed by atoms with Crippen LogP contribution in [0.3, 0.4) is 0 Å². The van der Waals surface area contributed by atoms with Crippen LogP contribution in [0.5, 0.6) is 0 Å². The molecule has 3 rings (SSSR count). The second-order valence-electron chi connectivity index (χ2n) is 6.00. The van der Waals surface area contributed by atoms with Crippen molar-refractivity contribution in [3.8, 4) is 0 Å². The summed E-state index contributed by atoms with van der Waals surface area (Å²) < 4.78 is 31.9. The van der Waals surface area contributed by atoms with Crippen LogP contribution in [-0.4, -0.2) is 36.9 Å². The van der Waals surface area contributed by atoms with Gasteiger partial charge in [-0.3, -0.25) is 4.79 Å². The first-order chi connectivity index (χ1) is 12.1. The Morgan fingerprint density at radius 2 is 1.76 bits per heavy atom. The molecule has 134 valence electrons. The molecule has 0 bridgehead atoms. The molecule has 0 atom stereocenters. The van der Waals surface area contributed by atoms with Crippen molar-refractivity contribution in [3.63, 3.8) is 0 Å². The number of amides is 1. The number of hydrogen-bond acceptors (Lipinski definition) is 5. The summed E-state index contributed by atoms with van der Waals surface area (Å²) in [7, 11) is -3.50. The van der Waals surface area contributed by atoms with Gasteiger partial charge in [-0.05, 0) is 37.1 Å². The molecule has 1 amide bonds. The molecule has 1 aromatic carbocycles. The van der Waals surface area contributed by atoms with Crippen molar-refractivity contribution in [2.45, 2.75) is 37.1 Å². The van der Waals surface area contributed by atoms with Crippen LogP contribution in [0.15, 0.2) is 45.9 Å². The Bertz CT molecular complexity index is 793. The zero-order valence-electron chi connectivity index (χ0n) is 13.8. The average molecular weight is 363 g/mol. The summed E-state index contributed by atoms with van der Waals surface area (Å²) in [5.41, 5.74) is 0.398. The van der Waals surface area contributed by atoms with Gasteiger partial charge >= 0.3 is 0 Å². The van der Waals surface area contributed by atoms with Crippen LogP contribution < -0.4 is 5.32 Å². The summed E-state index contributed by atoms with van der Waals surface area (Å²) in [6, 6.07) is 7.70. The molecule has 0 radical (unpaired) electrons. The Balaban J connectivity index is 1.67. The Labute approximate surface area is 147 Å². The van der Waals surface area contributed by atoms with E-state index in [2.05, 4.69) is 10.5 Å². The molecule has 0 saturated carbocycles. The van der Waals surface area contributed by atoms with E-state index in [4.69, 9.17) is 4.52 Å². The highest BCUT2D eigenvalue weighted by Crippen LogP contribution is 2.20. The third-order valence-electron chi connectivity index (χ3n) is 4.23. The highest BCUT2D eigenvalue weighted by Gasteiger charge is 2.25. The summed E-state index contributed by atoms with van der Waals surface area (Å²) in [4.78, 5) is 12.3. The quantitative estimate of drug-likeness (QED) is 0.879. The van der Waals surface area contributed by atoms with Crippen LogP contribution in [0, 0.1) is 0 Å². The highest BCUT2D eigenvalue weighted by atomic mass is 32.2. The van der Waals surface area contributed by atoms with Crippen LogP contribution in [0.4, 0.5) is 0 Å². The maximum absolute atomic E-state index is 12.7. The highest BCUT2D eigenvalue weighted by molar-refractivity contribution is 7.89. The summed E-state index contributed by atoms with van der Waals surface area (Å²) in [6.07, 6.45) is 5.42. The van der Waals surface area contributed by atoms with E-state index in [1.165, 1.54) is 30.5 Å². The lowest BCUT2D eigenvalue weighted by Gasteiger charge is -2.20. The van der Waals surface area contributed by atoms with Gasteiger partial charge < -0.3 is 9.84 Å². The fourth-order valence-electron chi connectivity index (χ4n) is 2.81. The lowest BCUT2D eigenvalue weighted by atomic mass is 10.2. The van der Waals surface area contributed by atoms with E-state index >= 15 is 0 Å². The molecule has 1 fully saturated rings. The number of sulfonamides is 1. The first-order valence-electron chi connectivity index (χ1n) is 8.35. The molecule has 0 spiro atoms. The van der Waals surface area contributed by atoms with Gasteiger partial charge in [-0.25, -0.2) is 8.42 Å². The second kappa shape index (κ2) is 7.79. The summed E-state index contributed by atoms with van der Waals surface area (Å²) in [5.74, 6) is 0.254. The Morgan fingerprint density at radius 3 is 2.36 bits per heavy atom. The van der Waals surface area contributed by atoms with Gasteiger partial charge in [0.15, 0.2) is 5.76 Å². The number of hydrogen-bond donors (Lipinski definition) is 1. The Morgan fingerprint density at radius 1 is 1.08 bits per heavy atom. The SMILES string of the molecule is O=C(NCc1ccno1)c1ccc(S(=O)(=O)N2CCCCCC2)cc1. The molecule has 1 saturated heterocycles. The Kier molecular flexibility index (Phi) is 5.50. The summed E-state index contributed by atoms with van der Waals surface area (Å²) in [6.45, 7) is 1.34. The average Bonchev–Trinajstić information content (AvgIpc) is 2.99. The van der Waals surface area contributed by atoms with Gasteiger partial charge in [0, 0.05) is 24.7 Å². The summed E-state index contributed by atoms with van der Waals surface area (Å²) >= 11 is 0. The fraction of sp³-hybridized carbons (Fsp3) is 0.412. The largest absolute Gasteiger partial charge is 0.360 e. The van der Waals surface area contributed by atoms with Gasteiger partial charge in [-0.15, -0.1) is 0 Å². The lowest BCUT2D eigenvalue weighted by molar-refractivity contribution is 0.0947. The lowest BCUT2D eigenvalue weighted by Crippen LogP contribution is -2.32. The van der Waals surface area contributed by atoms with E-state index in [9.17, 15) is 13.2 Å². The molecule has 1 N–H and O–H groups in total. The van der Waals surface area contributed by atoms with Crippen molar-refractivity contribution < 1.29 is 17.7 Å². The van der Waals surface area contributed by atoms with E-state index in [0.29, 0.717) is 24.4 Å². The van der Waals surface area contributed by atoms with Crippen LogP contribution in [0.2, 0.25) is 0 Å². The molecule has 2 heterocycles. The number of carbonyl (C=O) groups excluding carboxylic acids is 1. The van der Waals surface area contributed by atoms with Crippen molar-refractivity contribution in [1.29, 1.82) is 0 Å². The third-order valence-corrected chi connectivity index (χ3v) is 6.15. The minimum atomic E-state index is -3.50.